The minimum atomic E-state index is -0.698. The number of aliphatic hydroxyl groups is 2. The second-order valence-corrected chi connectivity index (χ2v) is 6.60. The molecule has 0 saturated carbocycles. The number of hydrogen-bond acceptors (Lipinski definition) is 5. The molecule has 0 fully saturated rings. The van der Waals surface area contributed by atoms with Crippen LogP contribution in [0.3, 0.4) is 0 Å². The zero-order valence-corrected chi connectivity index (χ0v) is 15.2. The van der Waals surface area contributed by atoms with Crippen LogP contribution in [0.2, 0.25) is 0 Å². The van der Waals surface area contributed by atoms with E-state index in [4.69, 9.17) is 0 Å². The van der Waals surface area contributed by atoms with Gasteiger partial charge in [-0.25, -0.2) is 9.78 Å². The van der Waals surface area contributed by atoms with E-state index in [1.54, 1.807) is 18.7 Å². The first-order valence-electron chi connectivity index (χ1n) is 8.87. The van der Waals surface area contributed by atoms with E-state index < -0.39 is 23.5 Å². The molecule has 0 aliphatic carbocycles. The molecule has 0 aliphatic rings. The van der Waals surface area contributed by atoms with E-state index in [1.807, 2.05) is 0 Å². The summed E-state index contributed by atoms with van der Waals surface area (Å²) in [5.41, 5.74) is -0.159. The monoisotopic (exact) mass is 352 g/mol. The maximum absolute atomic E-state index is 12.0. The van der Waals surface area contributed by atoms with E-state index in [2.05, 4.69) is 16.9 Å². The normalized spacial score (nSPS) is 14.1. The molecule has 140 valence electrons. The van der Waals surface area contributed by atoms with Crippen molar-refractivity contribution in [1.29, 1.82) is 0 Å². The van der Waals surface area contributed by atoms with E-state index in [0.717, 1.165) is 31.5 Å². The van der Waals surface area contributed by atoms with Gasteiger partial charge in [0, 0.05) is 20.5 Å². The molecule has 0 saturated heterocycles. The molecule has 2 unspecified atom stereocenters. The van der Waals surface area contributed by atoms with Gasteiger partial charge < -0.3 is 14.8 Å². The molecule has 0 aliphatic heterocycles. The summed E-state index contributed by atoms with van der Waals surface area (Å²) in [6, 6.07) is 0. The summed E-state index contributed by atoms with van der Waals surface area (Å²) in [7, 11) is 3.33. The van der Waals surface area contributed by atoms with Gasteiger partial charge in [0.15, 0.2) is 11.2 Å². The minimum Gasteiger partial charge on any atom is -0.390 e. The van der Waals surface area contributed by atoms with Crippen LogP contribution in [0.4, 0.5) is 0 Å². The number of hydrogen-bond donors (Lipinski definition) is 3. The van der Waals surface area contributed by atoms with Gasteiger partial charge in [-0.3, -0.25) is 14.3 Å². The number of H-pyrrole nitrogens is 1. The summed E-state index contributed by atoms with van der Waals surface area (Å²) in [6.07, 6.45) is 3.87. The number of rotatable bonds is 9. The van der Waals surface area contributed by atoms with Gasteiger partial charge in [-0.05, 0) is 19.3 Å². The number of imidazole rings is 1. The first-order valence-corrected chi connectivity index (χ1v) is 8.87. The molecule has 0 bridgehead atoms. The van der Waals surface area contributed by atoms with Gasteiger partial charge in [-0.2, -0.15) is 0 Å². The third kappa shape index (κ3) is 4.38. The zero-order chi connectivity index (χ0) is 18.6. The van der Waals surface area contributed by atoms with Crippen LogP contribution in [0, 0.1) is 0 Å². The minimum absolute atomic E-state index is 0.376. The first-order chi connectivity index (χ1) is 11.9. The Labute approximate surface area is 146 Å². The number of nitrogens with one attached hydrogen (secondary N) is 1. The highest BCUT2D eigenvalue weighted by Crippen LogP contribution is 2.14. The van der Waals surface area contributed by atoms with Gasteiger partial charge in [0.25, 0.3) is 5.56 Å². The molecule has 2 aromatic heterocycles. The van der Waals surface area contributed by atoms with Crippen LogP contribution in [0.1, 0.15) is 51.3 Å². The van der Waals surface area contributed by atoms with Crippen molar-refractivity contribution in [2.75, 3.05) is 0 Å². The number of aliphatic hydroxyl groups excluding tert-OH is 2. The highest BCUT2D eigenvalue weighted by molar-refractivity contribution is 5.70. The van der Waals surface area contributed by atoms with E-state index >= 15 is 0 Å². The molecule has 2 atom stereocenters. The number of aryl methyl sites for hydroxylation is 3. The lowest BCUT2D eigenvalue weighted by molar-refractivity contribution is 0.00746. The molecule has 0 amide bonds. The van der Waals surface area contributed by atoms with Gasteiger partial charge >= 0.3 is 5.69 Å². The molecular weight excluding hydrogens is 324 g/mol. The molecule has 2 rings (SSSR count). The molecule has 2 aromatic rings. The molecule has 0 spiro atoms. The second kappa shape index (κ2) is 8.44. The molecule has 2 heterocycles. The van der Waals surface area contributed by atoms with Gasteiger partial charge in [-0.1, -0.05) is 26.2 Å². The Hall–Kier alpha value is -1.93. The van der Waals surface area contributed by atoms with Crippen LogP contribution >= 0.6 is 0 Å². The fourth-order valence-electron chi connectivity index (χ4n) is 3.01. The largest absolute Gasteiger partial charge is 0.390 e. The Bertz CT molecular complexity index is 820. The Balaban J connectivity index is 1.97. The van der Waals surface area contributed by atoms with Crippen LogP contribution < -0.4 is 11.2 Å². The number of unbranched alkanes of at least 4 members (excludes halogenated alkanes) is 2. The fourth-order valence-corrected chi connectivity index (χ4v) is 3.01. The van der Waals surface area contributed by atoms with E-state index in [1.165, 1.54) is 4.57 Å². The molecule has 25 heavy (non-hydrogen) atoms. The summed E-state index contributed by atoms with van der Waals surface area (Å²) < 4.78 is 3.04. The van der Waals surface area contributed by atoms with Crippen molar-refractivity contribution in [1.82, 2.24) is 19.1 Å². The summed E-state index contributed by atoms with van der Waals surface area (Å²) in [6.45, 7) is 2.05. The Morgan fingerprint density at radius 3 is 2.32 bits per heavy atom. The third-order valence-corrected chi connectivity index (χ3v) is 4.68. The van der Waals surface area contributed by atoms with Crippen molar-refractivity contribution in [2.45, 2.75) is 64.1 Å². The van der Waals surface area contributed by atoms with Crippen LogP contribution in [-0.4, -0.2) is 41.5 Å². The lowest BCUT2D eigenvalue weighted by Crippen LogP contribution is -2.29. The number of nitrogens with zero attached hydrogens (tertiary/aromatic N) is 3. The number of aromatic amines is 1. The molecule has 8 nitrogen and oxygen atoms in total. The average Bonchev–Trinajstić information content (AvgIpc) is 2.91. The van der Waals surface area contributed by atoms with Crippen molar-refractivity contribution in [3.63, 3.8) is 0 Å². The summed E-state index contributed by atoms with van der Waals surface area (Å²) in [4.78, 5) is 30.3. The Morgan fingerprint density at radius 2 is 1.68 bits per heavy atom. The third-order valence-electron chi connectivity index (χ3n) is 4.68. The summed E-state index contributed by atoms with van der Waals surface area (Å²) in [5.74, 6) is 0.725. The maximum atomic E-state index is 12.0. The van der Waals surface area contributed by atoms with Crippen LogP contribution in [0.5, 0.6) is 0 Å². The molecular formula is C17H28N4O4. The molecule has 0 aromatic carbocycles. The fraction of sp³-hybridized carbons (Fsp3) is 0.706. The van der Waals surface area contributed by atoms with Crippen molar-refractivity contribution in [3.8, 4) is 0 Å². The smallest absolute Gasteiger partial charge is 0.329 e. The van der Waals surface area contributed by atoms with E-state index in [-0.39, 0.29) is 0 Å². The van der Waals surface area contributed by atoms with Crippen LogP contribution in [0.25, 0.3) is 11.2 Å². The molecule has 3 N–H and O–H groups in total. The van der Waals surface area contributed by atoms with Gasteiger partial charge in [0.05, 0.1) is 12.2 Å². The van der Waals surface area contributed by atoms with Gasteiger partial charge in [0.1, 0.15) is 5.82 Å². The second-order valence-electron chi connectivity index (χ2n) is 6.60. The maximum Gasteiger partial charge on any atom is 0.329 e. The van der Waals surface area contributed by atoms with Crippen LogP contribution in [0.15, 0.2) is 9.59 Å². The summed E-state index contributed by atoms with van der Waals surface area (Å²) in [5, 5.41) is 19.8. The molecule has 0 radical (unpaired) electrons. The predicted octanol–water partition coefficient (Wildman–Crippen LogP) is 0.585. The highest BCUT2D eigenvalue weighted by atomic mass is 16.3. The number of aromatic nitrogens is 4. The topological polar surface area (TPSA) is 113 Å². The predicted molar refractivity (Wildman–Crippen MR) is 95.7 cm³/mol. The Morgan fingerprint density at radius 1 is 1.04 bits per heavy atom. The lowest BCUT2D eigenvalue weighted by Gasteiger charge is -2.17. The van der Waals surface area contributed by atoms with Gasteiger partial charge in [0.2, 0.25) is 0 Å². The van der Waals surface area contributed by atoms with Crippen LogP contribution in [-0.2, 0) is 20.5 Å². The van der Waals surface area contributed by atoms with E-state index in [9.17, 15) is 19.8 Å². The Kier molecular flexibility index (Phi) is 6.55. The number of fused-ring (bicyclic) bond motifs is 1. The zero-order valence-electron chi connectivity index (χ0n) is 15.2. The first kappa shape index (κ1) is 19.4. The van der Waals surface area contributed by atoms with Crippen molar-refractivity contribution >= 4 is 11.2 Å². The average molecular weight is 352 g/mol. The highest BCUT2D eigenvalue weighted by Gasteiger charge is 2.17. The van der Waals surface area contributed by atoms with E-state index in [0.29, 0.717) is 30.4 Å². The standard InChI is InChI=1S/C17H28N4O4/c1-4-5-8-11(22)12(23)9-6-7-10-13-18-15-14(20(13)2)16(24)19-17(25)21(15)3/h11-12,22-23H,4-10H2,1-3H3,(H,19,24,25). The van der Waals surface area contributed by atoms with Crippen molar-refractivity contribution < 1.29 is 10.2 Å². The molecule has 8 heteroatoms. The van der Waals surface area contributed by atoms with Gasteiger partial charge in [-0.15, -0.1) is 0 Å². The summed E-state index contributed by atoms with van der Waals surface area (Å²) >= 11 is 0. The SMILES string of the molecule is CCCCC(O)C(O)CCCCc1nc2c(c(=O)[nH]c(=O)n2C)n1C. The quantitative estimate of drug-likeness (QED) is 0.572. The van der Waals surface area contributed by atoms with Crippen molar-refractivity contribution in [2.24, 2.45) is 14.1 Å². The lowest BCUT2D eigenvalue weighted by atomic mass is 10.0. The van der Waals surface area contributed by atoms with Crippen molar-refractivity contribution in [3.05, 3.63) is 26.7 Å².